The second-order valence-corrected chi connectivity index (χ2v) is 11.6. The van der Waals surface area contributed by atoms with Crippen LogP contribution in [-0.2, 0) is 16.6 Å². The third-order valence-corrected chi connectivity index (χ3v) is 8.56. The SMILES string of the molecule is Cc1noc(NS(=O)(=O)c2ccccc2-c2ccc(-c3ncco3)cc2CN(C)C(=O)c2cnnc3ccccc23)c1C. The van der Waals surface area contributed by atoms with Crippen molar-refractivity contribution in [2.45, 2.75) is 25.3 Å². The zero-order valence-electron chi connectivity index (χ0n) is 23.5. The fraction of sp³-hybridized carbons (Fsp3) is 0.129. The van der Waals surface area contributed by atoms with E-state index in [1.807, 2.05) is 24.3 Å². The summed E-state index contributed by atoms with van der Waals surface area (Å²) in [6.45, 7) is 3.60. The van der Waals surface area contributed by atoms with Gasteiger partial charge in [0.05, 0.1) is 34.1 Å². The van der Waals surface area contributed by atoms with Gasteiger partial charge in [-0.15, -0.1) is 0 Å². The van der Waals surface area contributed by atoms with Gasteiger partial charge >= 0.3 is 0 Å². The molecular weight excluding hydrogens is 568 g/mol. The summed E-state index contributed by atoms with van der Waals surface area (Å²) >= 11 is 0. The lowest BCUT2D eigenvalue weighted by Gasteiger charge is -2.21. The number of anilines is 1. The standard InChI is InChI=1S/C31H26N6O5S/c1-19-20(2)35-42-29(19)36-43(39,40)28-11-7-5-9-25(28)23-13-12-21(30-32-14-15-41-30)16-22(23)18-37(3)31(38)26-17-33-34-27-10-6-4-8-24(26)27/h4-17,36H,18H2,1-3H3. The molecule has 0 radical (unpaired) electrons. The molecule has 6 aromatic rings. The molecule has 0 fully saturated rings. The summed E-state index contributed by atoms with van der Waals surface area (Å²) in [5.41, 5.74) is 4.59. The molecule has 216 valence electrons. The van der Waals surface area contributed by atoms with Crippen LogP contribution in [0.3, 0.4) is 0 Å². The number of nitrogens with one attached hydrogen (secondary N) is 1. The third kappa shape index (κ3) is 5.35. The molecular formula is C31H26N6O5S. The van der Waals surface area contributed by atoms with Crippen LogP contribution in [-0.4, -0.2) is 46.6 Å². The summed E-state index contributed by atoms with van der Waals surface area (Å²) in [6.07, 6.45) is 4.47. The first kappa shape index (κ1) is 27.8. The molecule has 12 heteroatoms. The first-order chi connectivity index (χ1) is 20.7. The lowest BCUT2D eigenvalue weighted by molar-refractivity contribution is 0.0786. The van der Waals surface area contributed by atoms with E-state index in [9.17, 15) is 13.2 Å². The maximum atomic E-state index is 13.7. The molecule has 43 heavy (non-hydrogen) atoms. The Balaban J connectivity index is 1.42. The molecule has 3 aromatic carbocycles. The normalized spacial score (nSPS) is 11.5. The Hall–Kier alpha value is -5.36. The number of hydrogen-bond acceptors (Lipinski definition) is 9. The van der Waals surface area contributed by atoms with Crippen LogP contribution in [0.15, 0.2) is 99.2 Å². The van der Waals surface area contributed by atoms with Gasteiger partial charge in [0.2, 0.25) is 11.8 Å². The largest absolute Gasteiger partial charge is 0.445 e. The highest BCUT2D eigenvalue weighted by atomic mass is 32.2. The van der Waals surface area contributed by atoms with Gasteiger partial charge in [-0.25, -0.2) is 18.1 Å². The number of nitrogens with zero attached hydrogens (tertiary/aromatic N) is 5. The van der Waals surface area contributed by atoms with Crippen molar-refractivity contribution in [1.82, 2.24) is 25.2 Å². The Labute approximate surface area is 247 Å². The smallest absolute Gasteiger partial charge is 0.264 e. The van der Waals surface area contributed by atoms with Crippen LogP contribution >= 0.6 is 0 Å². The molecule has 0 saturated carbocycles. The summed E-state index contributed by atoms with van der Waals surface area (Å²) in [6, 6.07) is 19.4. The second-order valence-electron chi connectivity index (χ2n) is 9.97. The van der Waals surface area contributed by atoms with E-state index < -0.39 is 10.0 Å². The minimum atomic E-state index is -4.09. The number of carbonyl (C=O) groups excluding carboxylic acids is 1. The summed E-state index contributed by atoms with van der Waals surface area (Å²) in [7, 11) is -2.41. The van der Waals surface area contributed by atoms with Gasteiger partial charge in [-0.1, -0.05) is 47.6 Å². The number of rotatable bonds is 8. The van der Waals surface area contributed by atoms with Crippen molar-refractivity contribution in [3.8, 4) is 22.6 Å². The lowest BCUT2D eigenvalue weighted by Crippen LogP contribution is -2.27. The quantitative estimate of drug-likeness (QED) is 0.237. The molecule has 0 saturated heterocycles. The number of hydrogen-bond donors (Lipinski definition) is 1. The Morgan fingerprint density at radius 3 is 2.56 bits per heavy atom. The highest BCUT2D eigenvalue weighted by Crippen LogP contribution is 2.35. The van der Waals surface area contributed by atoms with Crippen LogP contribution in [0, 0.1) is 13.8 Å². The van der Waals surface area contributed by atoms with Gasteiger partial charge in [0.25, 0.3) is 15.9 Å². The molecule has 6 rings (SSSR count). The number of sulfonamides is 1. The van der Waals surface area contributed by atoms with Gasteiger partial charge < -0.3 is 13.8 Å². The molecule has 0 atom stereocenters. The third-order valence-electron chi connectivity index (χ3n) is 7.17. The number of oxazole rings is 1. The molecule has 0 bridgehead atoms. The van der Waals surface area contributed by atoms with Crippen LogP contribution in [0.25, 0.3) is 33.5 Å². The fourth-order valence-corrected chi connectivity index (χ4v) is 6.08. The molecule has 0 aliphatic carbocycles. The summed E-state index contributed by atoms with van der Waals surface area (Å²) in [4.78, 5) is 19.5. The highest BCUT2D eigenvalue weighted by molar-refractivity contribution is 7.92. The van der Waals surface area contributed by atoms with Crippen molar-refractivity contribution in [3.63, 3.8) is 0 Å². The van der Waals surface area contributed by atoms with Crippen LogP contribution in [0.1, 0.15) is 27.2 Å². The van der Waals surface area contributed by atoms with Gasteiger partial charge in [0.15, 0.2) is 0 Å². The molecule has 1 N–H and O–H groups in total. The van der Waals surface area contributed by atoms with Gasteiger partial charge in [-0.05, 0) is 49.2 Å². The van der Waals surface area contributed by atoms with Crippen molar-refractivity contribution < 1.29 is 22.2 Å². The zero-order valence-corrected chi connectivity index (χ0v) is 24.3. The Kier molecular flexibility index (Phi) is 7.20. The van der Waals surface area contributed by atoms with Crippen molar-refractivity contribution >= 4 is 32.7 Å². The van der Waals surface area contributed by atoms with Gasteiger partial charge in [-0.2, -0.15) is 10.2 Å². The van der Waals surface area contributed by atoms with Crippen molar-refractivity contribution in [2.24, 2.45) is 0 Å². The average molecular weight is 595 g/mol. The minimum Gasteiger partial charge on any atom is -0.445 e. The monoisotopic (exact) mass is 594 g/mol. The average Bonchev–Trinajstić information content (AvgIpc) is 3.67. The zero-order chi connectivity index (χ0) is 30.1. The van der Waals surface area contributed by atoms with Crippen LogP contribution in [0.4, 0.5) is 5.88 Å². The van der Waals surface area contributed by atoms with Crippen molar-refractivity contribution in [1.29, 1.82) is 0 Å². The van der Waals surface area contributed by atoms with Crippen molar-refractivity contribution in [2.75, 3.05) is 11.8 Å². The molecule has 3 heterocycles. The molecule has 3 aromatic heterocycles. The van der Waals surface area contributed by atoms with Gasteiger partial charge in [-0.3, -0.25) is 4.79 Å². The van der Waals surface area contributed by atoms with Crippen LogP contribution < -0.4 is 4.72 Å². The Morgan fingerprint density at radius 1 is 1.00 bits per heavy atom. The van der Waals surface area contributed by atoms with E-state index in [4.69, 9.17) is 8.94 Å². The molecule has 0 spiro atoms. The number of amides is 1. The number of carbonyl (C=O) groups is 1. The van der Waals surface area contributed by atoms with Crippen molar-refractivity contribution in [3.05, 3.63) is 108 Å². The topological polar surface area (TPSA) is 144 Å². The van der Waals surface area contributed by atoms with Crippen LogP contribution in [0.5, 0.6) is 0 Å². The summed E-state index contributed by atoms with van der Waals surface area (Å²) in [5.74, 6) is 0.178. The lowest BCUT2D eigenvalue weighted by atomic mass is 9.96. The van der Waals surface area contributed by atoms with E-state index in [2.05, 4.69) is 25.1 Å². The van der Waals surface area contributed by atoms with E-state index in [1.165, 1.54) is 18.5 Å². The van der Waals surface area contributed by atoms with E-state index in [1.54, 1.807) is 68.4 Å². The Morgan fingerprint density at radius 2 is 1.79 bits per heavy atom. The first-order valence-corrected chi connectivity index (χ1v) is 14.7. The fourth-order valence-electron chi connectivity index (χ4n) is 4.81. The number of benzene rings is 3. The summed E-state index contributed by atoms with van der Waals surface area (Å²) < 4.78 is 40.6. The molecule has 0 aliphatic rings. The number of aromatic nitrogens is 4. The van der Waals surface area contributed by atoms with E-state index in [0.29, 0.717) is 55.9 Å². The predicted octanol–water partition coefficient (Wildman–Crippen LogP) is 5.63. The molecule has 0 unspecified atom stereocenters. The maximum absolute atomic E-state index is 13.7. The molecule has 1 amide bonds. The Bertz CT molecular complexity index is 2070. The number of aryl methyl sites for hydroxylation is 1. The molecule has 11 nitrogen and oxygen atoms in total. The number of fused-ring (bicyclic) bond motifs is 1. The molecule has 0 aliphatic heterocycles. The predicted molar refractivity (Wildman–Crippen MR) is 159 cm³/mol. The van der Waals surface area contributed by atoms with Gasteiger partial charge in [0.1, 0.15) is 6.26 Å². The van der Waals surface area contributed by atoms with E-state index in [-0.39, 0.29) is 23.2 Å². The van der Waals surface area contributed by atoms with E-state index in [0.717, 1.165) is 0 Å². The van der Waals surface area contributed by atoms with Gasteiger partial charge in [0, 0.05) is 35.7 Å². The second kappa shape index (κ2) is 11.1. The maximum Gasteiger partial charge on any atom is 0.264 e. The first-order valence-electron chi connectivity index (χ1n) is 13.3. The van der Waals surface area contributed by atoms with Crippen LogP contribution in [0.2, 0.25) is 0 Å². The minimum absolute atomic E-state index is 0.0342. The highest BCUT2D eigenvalue weighted by Gasteiger charge is 2.25. The van der Waals surface area contributed by atoms with E-state index >= 15 is 0 Å². The summed E-state index contributed by atoms with van der Waals surface area (Å²) in [5, 5.41) is 12.7.